The third-order valence-electron chi connectivity index (χ3n) is 3.56. The van der Waals surface area contributed by atoms with Gasteiger partial charge >= 0.3 is 0 Å². The Labute approximate surface area is 135 Å². The van der Waals surface area contributed by atoms with Crippen molar-refractivity contribution in [3.05, 3.63) is 54.1 Å². The first-order valence-electron chi connectivity index (χ1n) is 7.30. The zero-order valence-electron chi connectivity index (χ0n) is 13.1. The van der Waals surface area contributed by atoms with Gasteiger partial charge in [0.15, 0.2) is 0 Å². The predicted molar refractivity (Wildman–Crippen MR) is 89.5 cm³/mol. The number of hydrogen-bond donors (Lipinski definition) is 0. The molecule has 0 spiro atoms. The molecule has 0 saturated carbocycles. The molecule has 6 heteroatoms. The third kappa shape index (κ3) is 3.37. The molecule has 0 radical (unpaired) electrons. The number of hydrogen-bond acceptors (Lipinski definition) is 4. The maximum Gasteiger partial charge on any atom is 0.228 e. The Hall–Kier alpha value is -2.34. The van der Waals surface area contributed by atoms with E-state index in [1.807, 2.05) is 49.4 Å². The summed E-state index contributed by atoms with van der Waals surface area (Å²) in [4.78, 5) is 4.24. The molecule has 0 bridgehead atoms. The van der Waals surface area contributed by atoms with Gasteiger partial charge in [0.1, 0.15) is 12.4 Å². The number of benzene rings is 2. The first kappa shape index (κ1) is 15.6. The van der Waals surface area contributed by atoms with Crippen LogP contribution in [0.25, 0.3) is 11.0 Å². The molecule has 0 amide bonds. The van der Waals surface area contributed by atoms with Crippen molar-refractivity contribution in [2.45, 2.75) is 18.6 Å². The lowest BCUT2D eigenvalue weighted by atomic mass is 10.2. The summed E-state index contributed by atoms with van der Waals surface area (Å²) in [5.74, 6) is 0.765. The standard InChI is InChI=1S/C17H18N2O3S/c1-13-7-9-14(10-8-13)22-12-11-19-16-6-4-3-5-15(16)18-17(19)23(2,20)21/h3-10H,11-12H2,1-2H3. The number of para-hydroxylation sites is 2. The van der Waals surface area contributed by atoms with Crippen LogP contribution >= 0.6 is 0 Å². The average molecular weight is 330 g/mol. The van der Waals surface area contributed by atoms with Gasteiger partial charge in [0, 0.05) is 6.26 Å². The van der Waals surface area contributed by atoms with E-state index in [0.717, 1.165) is 16.8 Å². The van der Waals surface area contributed by atoms with Crippen molar-refractivity contribution in [3.8, 4) is 5.75 Å². The zero-order valence-corrected chi connectivity index (χ0v) is 13.9. The van der Waals surface area contributed by atoms with Crippen molar-refractivity contribution in [2.24, 2.45) is 0 Å². The minimum Gasteiger partial charge on any atom is -0.492 e. The Kier molecular flexibility index (Phi) is 4.09. The topological polar surface area (TPSA) is 61.2 Å². The largest absolute Gasteiger partial charge is 0.492 e. The van der Waals surface area contributed by atoms with Crippen LogP contribution in [0.2, 0.25) is 0 Å². The summed E-state index contributed by atoms with van der Waals surface area (Å²) in [5, 5.41) is 0.0752. The molecule has 0 aliphatic heterocycles. The predicted octanol–water partition coefficient (Wildman–Crippen LogP) is 2.83. The van der Waals surface area contributed by atoms with Crippen molar-refractivity contribution < 1.29 is 13.2 Å². The smallest absolute Gasteiger partial charge is 0.228 e. The molecule has 1 heterocycles. The van der Waals surface area contributed by atoms with E-state index in [0.29, 0.717) is 18.7 Å². The molecule has 2 aromatic carbocycles. The van der Waals surface area contributed by atoms with Crippen molar-refractivity contribution >= 4 is 20.9 Å². The summed E-state index contributed by atoms with van der Waals surface area (Å²) >= 11 is 0. The highest BCUT2D eigenvalue weighted by atomic mass is 32.2. The second-order valence-corrected chi connectivity index (χ2v) is 7.38. The maximum absolute atomic E-state index is 12.0. The fraction of sp³-hybridized carbons (Fsp3) is 0.235. The highest BCUT2D eigenvalue weighted by Gasteiger charge is 2.18. The van der Waals surface area contributed by atoms with Gasteiger partial charge in [-0.05, 0) is 31.2 Å². The molecule has 3 aromatic rings. The van der Waals surface area contributed by atoms with Crippen LogP contribution in [0.1, 0.15) is 5.56 Å². The van der Waals surface area contributed by atoms with Gasteiger partial charge in [-0.2, -0.15) is 0 Å². The SMILES string of the molecule is Cc1ccc(OCCn2c(S(C)(=O)=O)nc3ccccc32)cc1. The first-order valence-corrected chi connectivity index (χ1v) is 9.19. The molecule has 0 aliphatic carbocycles. The van der Waals surface area contributed by atoms with Gasteiger partial charge in [-0.1, -0.05) is 29.8 Å². The van der Waals surface area contributed by atoms with Crippen molar-refractivity contribution in [2.75, 3.05) is 12.9 Å². The molecular weight excluding hydrogens is 312 g/mol. The van der Waals surface area contributed by atoms with Crippen LogP contribution in [0.15, 0.2) is 53.7 Å². The summed E-state index contributed by atoms with van der Waals surface area (Å²) in [6.07, 6.45) is 1.17. The lowest BCUT2D eigenvalue weighted by molar-refractivity contribution is 0.295. The number of aromatic nitrogens is 2. The molecule has 3 rings (SSSR count). The van der Waals surface area contributed by atoms with Gasteiger partial charge in [-0.15, -0.1) is 0 Å². The molecule has 120 valence electrons. The number of nitrogens with zero attached hydrogens (tertiary/aromatic N) is 2. The van der Waals surface area contributed by atoms with Gasteiger partial charge in [0.2, 0.25) is 15.0 Å². The molecule has 0 fully saturated rings. The minimum atomic E-state index is -3.40. The first-order chi connectivity index (χ1) is 10.9. The Balaban J connectivity index is 1.85. The molecule has 0 atom stereocenters. The third-order valence-corrected chi connectivity index (χ3v) is 4.53. The normalized spacial score (nSPS) is 11.7. The van der Waals surface area contributed by atoms with E-state index >= 15 is 0 Å². The fourth-order valence-corrected chi connectivity index (χ4v) is 3.30. The van der Waals surface area contributed by atoms with Gasteiger partial charge in [-0.25, -0.2) is 13.4 Å². The molecule has 0 saturated heterocycles. The molecule has 0 N–H and O–H groups in total. The van der Waals surface area contributed by atoms with E-state index < -0.39 is 9.84 Å². The molecular formula is C17H18N2O3S. The van der Waals surface area contributed by atoms with E-state index in [4.69, 9.17) is 4.74 Å². The Morgan fingerprint density at radius 2 is 1.78 bits per heavy atom. The molecule has 0 unspecified atom stereocenters. The summed E-state index contributed by atoms with van der Waals surface area (Å²) in [6, 6.07) is 15.1. The van der Waals surface area contributed by atoms with Gasteiger partial charge in [0.25, 0.3) is 0 Å². The van der Waals surface area contributed by atoms with Crippen LogP contribution in [0.3, 0.4) is 0 Å². The second kappa shape index (κ2) is 6.04. The zero-order chi connectivity index (χ0) is 16.4. The number of sulfone groups is 1. The summed E-state index contributed by atoms with van der Waals surface area (Å²) in [5.41, 5.74) is 2.63. The van der Waals surface area contributed by atoms with Crippen LogP contribution < -0.4 is 4.74 Å². The maximum atomic E-state index is 12.0. The minimum absolute atomic E-state index is 0.0752. The van der Waals surface area contributed by atoms with Gasteiger partial charge < -0.3 is 9.30 Å². The van der Waals surface area contributed by atoms with E-state index in [1.54, 1.807) is 10.6 Å². The lowest BCUT2D eigenvalue weighted by Crippen LogP contribution is -2.14. The second-order valence-electron chi connectivity index (χ2n) is 5.47. The molecule has 5 nitrogen and oxygen atoms in total. The van der Waals surface area contributed by atoms with E-state index in [9.17, 15) is 8.42 Å². The van der Waals surface area contributed by atoms with Crippen molar-refractivity contribution in [1.82, 2.24) is 9.55 Å². The van der Waals surface area contributed by atoms with Crippen molar-refractivity contribution in [3.63, 3.8) is 0 Å². The highest BCUT2D eigenvalue weighted by Crippen LogP contribution is 2.19. The van der Waals surface area contributed by atoms with Crippen LogP contribution in [0.4, 0.5) is 0 Å². The van der Waals surface area contributed by atoms with E-state index in [2.05, 4.69) is 4.98 Å². The quantitative estimate of drug-likeness (QED) is 0.722. The van der Waals surface area contributed by atoms with Crippen molar-refractivity contribution in [1.29, 1.82) is 0 Å². The highest BCUT2D eigenvalue weighted by molar-refractivity contribution is 7.90. The summed E-state index contributed by atoms with van der Waals surface area (Å²) in [6.45, 7) is 2.79. The fourth-order valence-electron chi connectivity index (χ4n) is 2.44. The van der Waals surface area contributed by atoms with Crippen LogP contribution in [0, 0.1) is 6.92 Å². The Morgan fingerprint density at radius 3 is 2.48 bits per heavy atom. The lowest BCUT2D eigenvalue weighted by Gasteiger charge is -2.10. The summed E-state index contributed by atoms with van der Waals surface area (Å²) in [7, 11) is -3.40. The molecule has 1 aromatic heterocycles. The van der Waals surface area contributed by atoms with E-state index in [1.165, 1.54) is 6.26 Å². The summed E-state index contributed by atoms with van der Waals surface area (Å²) < 4.78 is 31.3. The van der Waals surface area contributed by atoms with Crippen LogP contribution in [0.5, 0.6) is 5.75 Å². The van der Waals surface area contributed by atoms with Gasteiger partial charge in [-0.3, -0.25) is 0 Å². The van der Waals surface area contributed by atoms with Crippen LogP contribution in [-0.2, 0) is 16.4 Å². The number of aryl methyl sites for hydroxylation is 1. The number of fused-ring (bicyclic) bond motifs is 1. The van der Waals surface area contributed by atoms with Crippen LogP contribution in [-0.4, -0.2) is 30.8 Å². The number of imidazole rings is 1. The number of rotatable bonds is 5. The number of ether oxygens (including phenoxy) is 1. The Bertz CT molecular complexity index is 928. The van der Waals surface area contributed by atoms with E-state index in [-0.39, 0.29) is 5.16 Å². The van der Waals surface area contributed by atoms with Gasteiger partial charge in [0.05, 0.1) is 17.6 Å². The molecule has 23 heavy (non-hydrogen) atoms. The Morgan fingerprint density at radius 1 is 1.09 bits per heavy atom. The monoisotopic (exact) mass is 330 g/mol. The average Bonchev–Trinajstić information content (AvgIpc) is 2.89. The molecule has 0 aliphatic rings.